The highest BCUT2D eigenvalue weighted by Crippen LogP contribution is 2.27. The Morgan fingerprint density at radius 3 is 1.29 bits per heavy atom. The van der Waals surface area contributed by atoms with Crippen LogP contribution in [0.3, 0.4) is 0 Å². The third-order valence-corrected chi connectivity index (χ3v) is 3.49. The number of nitrogens with one attached hydrogen (secondary N) is 1. The SMILES string of the molecule is COc1ccc(-c2ccc(-c3ccc(OC)cc3)[nH]2)cc1. The van der Waals surface area contributed by atoms with Crippen LogP contribution in [0.25, 0.3) is 22.5 Å². The van der Waals surface area contributed by atoms with Crippen LogP contribution >= 0.6 is 0 Å². The zero-order valence-electron chi connectivity index (χ0n) is 12.1. The minimum absolute atomic E-state index is 0.862. The van der Waals surface area contributed by atoms with Gasteiger partial charge in [-0.1, -0.05) is 0 Å². The summed E-state index contributed by atoms with van der Waals surface area (Å²) in [6, 6.07) is 20.2. The molecular weight excluding hydrogens is 262 g/mol. The molecule has 0 saturated heterocycles. The monoisotopic (exact) mass is 279 g/mol. The maximum Gasteiger partial charge on any atom is 0.118 e. The second kappa shape index (κ2) is 5.75. The van der Waals surface area contributed by atoms with Crippen LogP contribution in [-0.4, -0.2) is 19.2 Å². The molecule has 0 bridgehead atoms. The molecule has 3 rings (SSSR count). The van der Waals surface area contributed by atoms with Crippen molar-refractivity contribution in [2.24, 2.45) is 0 Å². The number of methoxy groups -OCH3 is 2. The molecule has 0 aliphatic rings. The molecule has 0 saturated carbocycles. The van der Waals surface area contributed by atoms with Crippen molar-refractivity contribution >= 4 is 0 Å². The topological polar surface area (TPSA) is 34.2 Å². The average Bonchev–Trinajstić information content (AvgIpc) is 3.05. The number of H-pyrrole nitrogens is 1. The van der Waals surface area contributed by atoms with Crippen molar-refractivity contribution in [3.05, 3.63) is 60.7 Å². The van der Waals surface area contributed by atoms with Crippen molar-refractivity contribution in [3.8, 4) is 34.0 Å². The zero-order valence-corrected chi connectivity index (χ0v) is 12.1. The fourth-order valence-electron chi connectivity index (χ4n) is 2.27. The highest BCUT2D eigenvalue weighted by atomic mass is 16.5. The van der Waals surface area contributed by atoms with E-state index in [0.29, 0.717) is 0 Å². The first-order valence-electron chi connectivity index (χ1n) is 6.78. The molecule has 0 unspecified atom stereocenters. The smallest absolute Gasteiger partial charge is 0.118 e. The quantitative estimate of drug-likeness (QED) is 0.769. The molecule has 0 amide bonds. The first-order valence-corrected chi connectivity index (χ1v) is 6.78. The molecule has 0 aliphatic carbocycles. The molecule has 3 heteroatoms. The van der Waals surface area contributed by atoms with E-state index in [1.54, 1.807) is 14.2 Å². The normalized spacial score (nSPS) is 10.4. The van der Waals surface area contributed by atoms with Gasteiger partial charge in [0.25, 0.3) is 0 Å². The minimum atomic E-state index is 0.862. The molecule has 0 atom stereocenters. The maximum atomic E-state index is 5.18. The van der Waals surface area contributed by atoms with Crippen LogP contribution in [-0.2, 0) is 0 Å². The largest absolute Gasteiger partial charge is 0.497 e. The Morgan fingerprint density at radius 2 is 0.952 bits per heavy atom. The summed E-state index contributed by atoms with van der Waals surface area (Å²) >= 11 is 0. The van der Waals surface area contributed by atoms with Crippen molar-refractivity contribution < 1.29 is 9.47 Å². The molecule has 21 heavy (non-hydrogen) atoms. The molecule has 1 heterocycles. The predicted octanol–water partition coefficient (Wildman–Crippen LogP) is 4.37. The lowest BCUT2D eigenvalue weighted by Gasteiger charge is -2.03. The van der Waals surface area contributed by atoms with E-state index < -0.39 is 0 Å². The highest BCUT2D eigenvalue weighted by Gasteiger charge is 2.04. The molecule has 3 nitrogen and oxygen atoms in total. The van der Waals surface area contributed by atoms with Gasteiger partial charge in [0, 0.05) is 11.4 Å². The highest BCUT2D eigenvalue weighted by molar-refractivity contribution is 5.68. The molecule has 1 N–H and O–H groups in total. The fourth-order valence-corrected chi connectivity index (χ4v) is 2.27. The Morgan fingerprint density at radius 1 is 0.571 bits per heavy atom. The zero-order chi connectivity index (χ0) is 14.7. The van der Waals surface area contributed by atoms with Gasteiger partial charge in [-0.3, -0.25) is 0 Å². The first kappa shape index (κ1) is 13.3. The molecular formula is C18H17NO2. The van der Waals surface area contributed by atoms with E-state index in [2.05, 4.69) is 17.1 Å². The van der Waals surface area contributed by atoms with Crippen LogP contribution in [0.15, 0.2) is 60.7 Å². The Kier molecular flexibility index (Phi) is 3.65. The summed E-state index contributed by atoms with van der Waals surface area (Å²) in [5, 5.41) is 0. The summed E-state index contributed by atoms with van der Waals surface area (Å²) in [5.41, 5.74) is 4.44. The van der Waals surface area contributed by atoms with Gasteiger partial charge in [-0.05, 0) is 71.8 Å². The van der Waals surface area contributed by atoms with Crippen molar-refractivity contribution in [1.29, 1.82) is 0 Å². The van der Waals surface area contributed by atoms with Gasteiger partial charge in [-0.25, -0.2) is 0 Å². The molecule has 106 valence electrons. The van der Waals surface area contributed by atoms with E-state index in [4.69, 9.17) is 9.47 Å². The lowest BCUT2D eigenvalue weighted by Crippen LogP contribution is -1.84. The number of hydrogen-bond donors (Lipinski definition) is 1. The summed E-state index contributed by atoms with van der Waals surface area (Å²) in [7, 11) is 3.34. The Bertz CT molecular complexity index is 650. The summed E-state index contributed by atoms with van der Waals surface area (Å²) < 4.78 is 10.4. The van der Waals surface area contributed by atoms with Crippen LogP contribution < -0.4 is 9.47 Å². The second-order valence-electron chi connectivity index (χ2n) is 4.74. The third kappa shape index (κ3) is 2.77. The maximum absolute atomic E-state index is 5.18. The van der Waals surface area contributed by atoms with Gasteiger partial charge in [0.2, 0.25) is 0 Å². The lowest BCUT2D eigenvalue weighted by molar-refractivity contribution is 0.415. The van der Waals surface area contributed by atoms with Crippen molar-refractivity contribution in [1.82, 2.24) is 4.98 Å². The van der Waals surface area contributed by atoms with Crippen LogP contribution in [0.2, 0.25) is 0 Å². The minimum Gasteiger partial charge on any atom is -0.497 e. The van der Waals surface area contributed by atoms with Crippen LogP contribution in [0.4, 0.5) is 0 Å². The number of ether oxygens (including phenoxy) is 2. The van der Waals surface area contributed by atoms with Crippen molar-refractivity contribution in [3.63, 3.8) is 0 Å². The number of aromatic amines is 1. The summed E-state index contributed by atoms with van der Waals surface area (Å²) in [4.78, 5) is 3.44. The van der Waals surface area contributed by atoms with Gasteiger partial charge in [0.05, 0.1) is 14.2 Å². The Balaban J connectivity index is 1.87. The van der Waals surface area contributed by atoms with E-state index >= 15 is 0 Å². The average molecular weight is 279 g/mol. The van der Waals surface area contributed by atoms with E-state index in [1.165, 1.54) is 0 Å². The van der Waals surface area contributed by atoms with Crippen LogP contribution in [0.1, 0.15) is 0 Å². The van der Waals surface area contributed by atoms with E-state index in [1.807, 2.05) is 48.5 Å². The second-order valence-corrected chi connectivity index (χ2v) is 4.74. The third-order valence-electron chi connectivity index (χ3n) is 3.49. The standard InChI is InChI=1S/C18H17NO2/c1-20-15-7-3-13(4-8-15)17-11-12-18(19-17)14-5-9-16(21-2)10-6-14/h3-12,19H,1-2H3. The summed E-state index contributed by atoms with van der Waals surface area (Å²) in [5.74, 6) is 1.72. The van der Waals surface area contributed by atoms with Gasteiger partial charge >= 0.3 is 0 Å². The predicted molar refractivity (Wildman–Crippen MR) is 84.8 cm³/mol. The molecule has 1 aromatic heterocycles. The van der Waals surface area contributed by atoms with Gasteiger partial charge in [0.1, 0.15) is 11.5 Å². The van der Waals surface area contributed by atoms with Gasteiger partial charge in [-0.15, -0.1) is 0 Å². The van der Waals surface area contributed by atoms with Crippen molar-refractivity contribution in [2.75, 3.05) is 14.2 Å². The molecule has 0 spiro atoms. The Labute approximate surface area is 124 Å². The molecule has 3 aromatic rings. The molecule has 0 aliphatic heterocycles. The number of benzene rings is 2. The summed E-state index contributed by atoms with van der Waals surface area (Å²) in [6.45, 7) is 0. The van der Waals surface area contributed by atoms with Crippen molar-refractivity contribution in [2.45, 2.75) is 0 Å². The van der Waals surface area contributed by atoms with Gasteiger partial charge in [0.15, 0.2) is 0 Å². The van der Waals surface area contributed by atoms with E-state index in [9.17, 15) is 0 Å². The first-order chi connectivity index (χ1) is 10.3. The number of hydrogen-bond acceptors (Lipinski definition) is 2. The number of aromatic nitrogens is 1. The Hall–Kier alpha value is -2.68. The number of rotatable bonds is 4. The summed E-state index contributed by atoms with van der Waals surface area (Å²) in [6.07, 6.45) is 0. The lowest BCUT2D eigenvalue weighted by atomic mass is 10.1. The van der Waals surface area contributed by atoms with E-state index in [0.717, 1.165) is 34.0 Å². The molecule has 2 aromatic carbocycles. The van der Waals surface area contributed by atoms with E-state index in [-0.39, 0.29) is 0 Å². The van der Waals surface area contributed by atoms with Crippen LogP contribution in [0, 0.1) is 0 Å². The van der Waals surface area contributed by atoms with Crippen LogP contribution in [0.5, 0.6) is 11.5 Å². The molecule has 0 radical (unpaired) electrons. The fraction of sp³-hybridized carbons (Fsp3) is 0.111. The van der Waals surface area contributed by atoms with Gasteiger partial charge < -0.3 is 14.5 Å². The molecule has 0 fully saturated rings. The van der Waals surface area contributed by atoms with Gasteiger partial charge in [-0.2, -0.15) is 0 Å².